The van der Waals surface area contributed by atoms with Gasteiger partial charge in [-0.3, -0.25) is 9.59 Å². The zero-order chi connectivity index (χ0) is 18.5. The summed E-state index contributed by atoms with van der Waals surface area (Å²) >= 11 is 0. The number of piperidine rings is 1. The second kappa shape index (κ2) is 7.90. The lowest BCUT2D eigenvalue weighted by Crippen LogP contribution is -2.41. The number of nitrogens with one attached hydrogen (secondary N) is 2. The molecule has 1 aromatic carbocycles. The first-order chi connectivity index (χ1) is 12.5. The zero-order valence-corrected chi connectivity index (χ0v) is 14.4. The SMILES string of the molecule is CC(=O)Nc1cc(NC(=O)[C@H]2CCCN(c3ncccn3)C2)ccc1F. The van der Waals surface area contributed by atoms with Gasteiger partial charge in [0.15, 0.2) is 0 Å². The molecule has 2 aromatic rings. The molecule has 7 nitrogen and oxygen atoms in total. The largest absolute Gasteiger partial charge is 0.340 e. The monoisotopic (exact) mass is 357 g/mol. The van der Waals surface area contributed by atoms with Gasteiger partial charge in [0.05, 0.1) is 11.6 Å². The third-order valence-electron chi connectivity index (χ3n) is 4.17. The fourth-order valence-electron chi connectivity index (χ4n) is 2.96. The number of nitrogens with zero attached hydrogens (tertiary/aromatic N) is 3. The molecule has 0 bridgehead atoms. The van der Waals surface area contributed by atoms with E-state index in [2.05, 4.69) is 20.6 Å². The molecular formula is C18H20FN5O2. The number of amides is 2. The highest BCUT2D eigenvalue weighted by Gasteiger charge is 2.27. The Kier molecular flexibility index (Phi) is 5.40. The average molecular weight is 357 g/mol. The Morgan fingerprint density at radius 1 is 1.23 bits per heavy atom. The van der Waals surface area contributed by atoms with E-state index in [9.17, 15) is 14.0 Å². The Hall–Kier alpha value is -3.03. The van der Waals surface area contributed by atoms with Crippen LogP contribution in [0.1, 0.15) is 19.8 Å². The topological polar surface area (TPSA) is 87.2 Å². The van der Waals surface area contributed by atoms with E-state index in [0.29, 0.717) is 18.2 Å². The number of halogens is 1. The molecule has 0 aliphatic carbocycles. The summed E-state index contributed by atoms with van der Waals surface area (Å²) in [5, 5.41) is 5.20. The third kappa shape index (κ3) is 4.33. The number of rotatable bonds is 4. The van der Waals surface area contributed by atoms with Crippen molar-refractivity contribution in [2.45, 2.75) is 19.8 Å². The fraction of sp³-hybridized carbons (Fsp3) is 0.333. The highest BCUT2D eigenvalue weighted by atomic mass is 19.1. The molecule has 2 amide bonds. The van der Waals surface area contributed by atoms with Crippen molar-refractivity contribution in [3.8, 4) is 0 Å². The van der Waals surface area contributed by atoms with E-state index in [-0.39, 0.29) is 23.4 Å². The Bertz CT molecular complexity index is 799. The maximum atomic E-state index is 13.7. The van der Waals surface area contributed by atoms with Crippen molar-refractivity contribution >= 4 is 29.1 Å². The summed E-state index contributed by atoms with van der Waals surface area (Å²) in [6, 6.07) is 5.85. The van der Waals surface area contributed by atoms with Crippen LogP contribution >= 0.6 is 0 Å². The predicted octanol–water partition coefficient (Wildman–Crippen LogP) is 2.43. The van der Waals surface area contributed by atoms with Crippen LogP contribution in [0.3, 0.4) is 0 Å². The van der Waals surface area contributed by atoms with Gasteiger partial charge in [0, 0.05) is 38.1 Å². The summed E-state index contributed by atoms with van der Waals surface area (Å²) in [7, 11) is 0. The highest BCUT2D eigenvalue weighted by molar-refractivity contribution is 5.95. The normalized spacial score (nSPS) is 16.8. The summed E-state index contributed by atoms with van der Waals surface area (Å²) in [6.07, 6.45) is 4.97. The van der Waals surface area contributed by atoms with Crippen LogP contribution in [0.25, 0.3) is 0 Å². The second-order valence-corrected chi connectivity index (χ2v) is 6.20. The van der Waals surface area contributed by atoms with E-state index in [1.54, 1.807) is 18.5 Å². The van der Waals surface area contributed by atoms with Crippen LogP contribution in [0.5, 0.6) is 0 Å². The van der Waals surface area contributed by atoms with Gasteiger partial charge in [-0.1, -0.05) is 0 Å². The highest BCUT2D eigenvalue weighted by Crippen LogP contribution is 2.23. The van der Waals surface area contributed by atoms with Crippen molar-refractivity contribution in [3.63, 3.8) is 0 Å². The van der Waals surface area contributed by atoms with E-state index in [0.717, 1.165) is 19.4 Å². The summed E-state index contributed by atoms with van der Waals surface area (Å²) in [4.78, 5) is 34.2. The lowest BCUT2D eigenvalue weighted by molar-refractivity contribution is -0.120. The molecule has 3 rings (SSSR count). The van der Waals surface area contributed by atoms with Crippen LogP contribution in [-0.4, -0.2) is 34.9 Å². The molecule has 0 saturated carbocycles. The van der Waals surface area contributed by atoms with E-state index in [4.69, 9.17) is 0 Å². The Balaban J connectivity index is 1.67. The third-order valence-corrected chi connectivity index (χ3v) is 4.17. The van der Waals surface area contributed by atoms with Gasteiger partial charge < -0.3 is 15.5 Å². The van der Waals surface area contributed by atoms with Crippen molar-refractivity contribution in [1.29, 1.82) is 0 Å². The van der Waals surface area contributed by atoms with Crippen LogP contribution in [0, 0.1) is 11.7 Å². The van der Waals surface area contributed by atoms with Crippen molar-refractivity contribution < 1.29 is 14.0 Å². The molecule has 1 aromatic heterocycles. The lowest BCUT2D eigenvalue weighted by Gasteiger charge is -2.31. The van der Waals surface area contributed by atoms with Crippen LogP contribution < -0.4 is 15.5 Å². The molecule has 1 fully saturated rings. The van der Waals surface area contributed by atoms with Gasteiger partial charge in [0.2, 0.25) is 17.8 Å². The van der Waals surface area contributed by atoms with Crippen LogP contribution in [0.15, 0.2) is 36.7 Å². The van der Waals surface area contributed by atoms with Gasteiger partial charge in [-0.15, -0.1) is 0 Å². The molecule has 26 heavy (non-hydrogen) atoms. The van der Waals surface area contributed by atoms with Crippen LogP contribution in [0.2, 0.25) is 0 Å². The number of benzene rings is 1. The molecule has 0 spiro atoms. The number of hydrogen-bond donors (Lipinski definition) is 2. The Morgan fingerprint density at radius 3 is 2.73 bits per heavy atom. The predicted molar refractivity (Wildman–Crippen MR) is 96.3 cm³/mol. The zero-order valence-electron chi connectivity index (χ0n) is 14.4. The number of aromatic nitrogens is 2. The van der Waals surface area contributed by atoms with Crippen molar-refractivity contribution in [2.75, 3.05) is 28.6 Å². The molecular weight excluding hydrogens is 337 g/mol. The van der Waals surface area contributed by atoms with Gasteiger partial charge in [-0.2, -0.15) is 0 Å². The van der Waals surface area contributed by atoms with Gasteiger partial charge in [0.25, 0.3) is 0 Å². The second-order valence-electron chi connectivity index (χ2n) is 6.20. The van der Waals surface area contributed by atoms with Crippen LogP contribution in [-0.2, 0) is 9.59 Å². The molecule has 1 atom stereocenters. The minimum atomic E-state index is -0.553. The maximum Gasteiger partial charge on any atom is 0.229 e. The first-order valence-electron chi connectivity index (χ1n) is 8.43. The van der Waals surface area contributed by atoms with Gasteiger partial charge in [-0.05, 0) is 37.1 Å². The minimum Gasteiger partial charge on any atom is -0.340 e. The number of anilines is 3. The maximum absolute atomic E-state index is 13.7. The van der Waals surface area contributed by atoms with Gasteiger partial charge in [0.1, 0.15) is 5.82 Å². The number of hydrogen-bond acceptors (Lipinski definition) is 5. The van der Waals surface area contributed by atoms with E-state index in [1.165, 1.54) is 25.1 Å². The van der Waals surface area contributed by atoms with E-state index < -0.39 is 5.82 Å². The van der Waals surface area contributed by atoms with E-state index in [1.807, 2.05) is 4.90 Å². The number of carbonyl (C=O) groups excluding carboxylic acids is 2. The van der Waals surface area contributed by atoms with Crippen molar-refractivity contribution in [1.82, 2.24) is 9.97 Å². The minimum absolute atomic E-state index is 0.0401. The summed E-state index contributed by atoms with van der Waals surface area (Å²) in [5.41, 5.74) is 0.478. The quantitative estimate of drug-likeness (QED) is 0.878. The van der Waals surface area contributed by atoms with Crippen molar-refractivity contribution in [2.24, 2.45) is 5.92 Å². The lowest BCUT2D eigenvalue weighted by atomic mass is 9.97. The molecule has 2 N–H and O–H groups in total. The average Bonchev–Trinajstić information content (AvgIpc) is 2.65. The molecule has 0 unspecified atom stereocenters. The fourth-order valence-corrected chi connectivity index (χ4v) is 2.96. The molecule has 8 heteroatoms. The molecule has 136 valence electrons. The summed E-state index contributed by atoms with van der Waals surface area (Å²) in [6.45, 7) is 2.62. The smallest absolute Gasteiger partial charge is 0.229 e. The first-order valence-corrected chi connectivity index (χ1v) is 8.43. The number of carbonyl (C=O) groups is 2. The Labute approximate surface area is 150 Å². The van der Waals surface area contributed by atoms with Crippen molar-refractivity contribution in [3.05, 3.63) is 42.5 Å². The van der Waals surface area contributed by atoms with Crippen LogP contribution in [0.4, 0.5) is 21.7 Å². The molecule has 2 heterocycles. The first kappa shape index (κ1) is 17.8. The molecule has 1 saturated heterocycles. The molecule has 1 aliphatic rings. The summed E-state index contributed by atoms with van der Waals surface area (Å²) < 4.78 is 13.7. The molecule has 1 aliphatic heterocycles. The van der Waals surface area contributed by atoms with Gasteiger partial charge in [-0.25, -0.2) is 14.4 Å². The standard InChI is InChI=1S/C18H20FN5O2/c1-12(25)22-16-10-14(5-6-15(16)19)23-17(26)13-4-2-9-24(11-13)18-20-7-3-8-21-18/h3,5-8,10,13H,2,4,9,11H2,1H3,(H,22,25)(H,23,26)/t13-/m0/s1. The van der Waals surface area contributed by atoms with E-state index >= 15 is 0 Å². The summed E-state index contributed by atoms with van der Waals surface area (Å²) in [5.74, 6) is -0.686. The molecule has 0 radical (unpaired) electrons. The van der Waals surface area contributed by atoms with Gasteiger partial charge >= 0.3 is 0 Å². The Morgan fingerprint density at radius 2 is 2.00 bits per heavy atom.